The van der Waals surface area contributed by atoms with Crippen LogP contribution in [0.25, 0.3) is 0 Å². The van der Waals surface area contributed by atoms with Gasteiger partial charge >= 0.3 is 11.9 Å². The van der Waals surface area contributed by atoms with Gasteiger partial charge in [-0.25, -0.2) is 0 Å². The summed E-state index contributed by atoms with van der Waals surface area (Å²) >= 11 is 0. The molecule has 7 N–H and O–H groups in total. The molecule has 3 aliphatic rings. The van der Waals surface area contributed by atoms with E-state index in [4.69, 9.17) is 33.5 Å². The van der Waals surface area contributed by atoms with E-state index in [0.29, 0.717) is 5.56 Å². The van der Waals surface area contributed by atoms with Gasteiger partial charge < -0.3 is 64.2 Å². The minimum atomic E-state index is -1.87. The van der Waals surface area contributed by atoms with E-state index in [1.807, 2.05) is 0 Å². The quantitative estimate of drug-likeness (QED) is 0.129. The van der Waals surface area contributed by atoms with Gasteiger partial charge in [0.1, 0.15) is 61.5 Å². The summed E-state index contributed by atoms with van der Waals surface area (Å²) < 4.78 is 34.2. The number of aliphatic hydroxyl groups excluding tert-OH is 5. The van der Waals surface area contributed by atoms with Gasteiger partial charge in [0, 0.05) is 0 Å². The summed E-state index contributed by atoms with van der Waals surface area (Å²) in [6.07, 6.45) is -17.9. The normalized spacial score (nSPS) is 34.2. The van der Waals surface area contributed by atoms with Crippen LogP contribution in [0, 0.1) is 0 Å². The zero-order valence-corrected chi connectivity index (χ0v) is 24.3. The molecule has 0 bridgehead atoms. The van der Waals surface area contributed by atoms with E-state index in [0.717, 1.165) is 0 Å². The van der Waals surface area contributed by atoms with Gasteiger partial charge in [0.2, 0.25) is 6.29 Å². The number of aromatic hydroxyl groups is 1. The van der Waals surface area contributed by atoms with Crippen molar-refractivity contribution in [2.45, 2.75) is 87.3 Å². The van der Waals surface area contributed by atoms with Gasteiger partial charge in [0.15, 0.2) is 29.7 Å². The Morgan fingerprint density at radius 1 is 0.891 bits per heavy atom. The number of Topliss-reactive ketones (excluding diaryl/α,β-unsaturated/α-hetero) is 1. The Kier molecular flexibility index (Phi) is 10.1. The predicted molar refractivity (Wildman–Crippen MR) is 149 cm³/mol. The lowest BCUT2D eigenvalue weighted by Crippen LogP contribution is -2.64. The third kappa shape index (κ3) is 7.08. The van der Waals surface area contributed by atoms with Crippen molar-refractivity contribution < 1.29 is 78.6 Å². The third-order valence-electron chi connectivity index (χ3n) is 7.87. The molecular formula is C30H34O16. The van der Waals surface area contributed by atoms with Crippen molar-refractivity contribution in [3.63, 3.8) is 0 Å². The second-order valence-corrected chi connectivity index (χ2v) is 11.1. The van der Waals surface area contributed by atoms with Crippen LogP contribution >= 0.6 is 0 Å². The first-order valence-corrected chi connectivity index (χ1v) is 14.4. The van der Waals surface area contributed by atoms with Gasteiger partial charge in [0.05, 0.1) is 18.1 Å². The standard InChI is InChI=1S/C30H34O16/c1-12-22(36)24(38)26(40)29(42-12)46-28-25(39)23(37)19(11-41-21(35)10-20(33)34)45-30(28)44-17-4-2-3-15-16(32)9-18(43-27(15)17)13-5-7-14(31)8-6-13/h2-8,12,18-19,22-26,28-31,36-40H,9-11H2,1H3,(H,33,34)/t12-,18-,19+,22-,23+,24+,25-,26+,28+,29-,30+/m0/s1. The zero-order chi connectivity index (χ0) is 33.3. The number of phenols is 1. The van der Waals surface area contributed by atoms with E-state index in [9.17, 15) is 45.0 Å². The molecule has 3 heterocycles. The van der Waals surface area contributed by atoms with Crippen molar-refractivity contribution in [2.24, 2.45) is 0 Å². The molecule has 0 amide bonds. The van der Waals surface area contributed by atoms with Crippen LogP contribution in [-0.4, -0.2) is 121 Å². The zero-order valence-electron chi connectivity index (χ0n) is 24.3. The molecule has 3 aliphatic heterocycles. The molecule has 46 heavy (non-hydrogen) atoms. The highest BCUT2D eigenvalue weighted by Crippen LogP contribution is 2.43. The number of ketones is 1. The van der Waals surface area contributed by atoms with Gasteiger partial charge in [-0.15, -0.1) is 0 Å². The molecule has 16 heteroatoms. The number of fused-ring (bicyclic) bond motifs is 1. The largest absolute Gasteiger partial charge is 0.508 e. The van der Waals surface area contributed by atoms with Crippen molar-refractivity contribution in [3.8, 4) is 17.2 Å². The molecule has 0 spiro atoms. The molecule has 2 aromatic carbocycles. The van der Waals surface area contributed by atoms with Crippen molar-refractivity contribution in [2.75, 3.05) is 6.61 Å². The van der Waals surface area contributed by atoms with Gasteiger partial charge in [0.25, 0.3) is 0 Å². The number of carbonyl (C=O) groups is 3. The van der Waals surface area contributed by atoms with Crippen LogP contribution < -0.4 is 9.47 Å². The lowest BCUT2D eigenvalue weighted by Gasteiger charge is -2.45. The van der Waals surface area contributed by atoms with Crippen molar-refractivity contribution in [1.29, 1.82) is 0 Å². The average Bonchev–Trinajstić information content (AvgIpc) is 3.01. The number of ether oxygens (including phenoxy) is 6. The summed E-state index contributed by atoms with van der Waals surface area (Å²) in [6, 6.07) is 10.5. The lowest BCUT2D eigenvalue weighted by atomic mass is 9.95. The molecular weight excluding hydrogens is 616 g/mol. The molecule has 0 unspecified atom stereocenters. The van der Waals surface area contributed by atoms with Crippen LogP contribution in [0.5, 0.6) is 17.2 Å². The first kappa shape index (κ1) is 33.5. The molecule has 16 nitrogen and oxygen atoms in total. The lowest BCUT2D eigenvalue weighted by molar-refractivity contribution is -0.354. The van der Waals surface area contributed by atoms with E-state index in [2.05, 4.69) is 0 Å². The maximum Gasteiger partial charge on any atom is 0.317 e. The average molecular weight is 651 g/mol. The molecule has 0 saturated carbocycles. The number of carbonyl (C=O) groups excluding carboxylic acids is 2. The first-order valence-electron chi connectivity index (χ1n) is 14.4. The van der Waals surface area contributed by atoms with Crippen molar-refractivity contribution >= 4 is 17.7 Å². The molecule has 5 rings (SSSR count). The Morgan fingerprint density at radius 2 is 1.61 bits per heavy atom. The molecule has 2 saturated heterocycles. The second kappa shape index (κ2) is 13.9. The number of carboxylic acids is 1. The van der Waals surface area contributed by atoms with Gasteiger partial charge in [-0.05, 0) is 36.8 Å². The number of hydrogen-bond donors (Lipinski definition) is 7. The Bertz CT molecular complexity index is 1410. The number of phenolic OH excluding ortho intramolecular Hbond substituents is 1. The van der Waals surface area contributed by atoms with E-state index in [-0.39, 0.29) is 35.0 Å². The monoisotopic (exact) mass is 650 g/mol. The highest BCUT2D eigenvalue weighted by molar-refractivity contribution is 6.00. The number of aliphatic hydroxyl groups is 5. The molecule has 250 valence electrons. The third-order valence-corrected chi connectivity index (χ3v) is 7.87. The Labute approximate surface area is 261 Å². The number of aliphatic carboxylic acids is 1. The van der Waals surface area contributed by atoms with Crippen LogP contribution in [0.2, 0.25) is 0 Å². The summed E-state index contributed by atoms with van der Waals surface area (Å²) in [5, 5.41) is 71.3. The fourth-order valence-electron chi connectivity index (χ4n) is 5.33. The first-order chi connectivity index (χ1) is 21.8. The second-order valence-electron chi connectivity index (χ2n) is 11.1. The van der Waals surface area contributed by atoms with Crippen LogP contribution in [-0.2, 0) is 28.5 Å². The smallest absolute Gasteiger partial charge is 0.317 e. The number of esters is 1. The number of benzene rings is 2. The number of para-hydroxylation sites is 1. The van der Waals surface area contributed by atoms with Gasteiger partial charge in [-0.2, -0.15) is 0 Å². The molecule has 0 aliphatic carbocycles. The summed E-state index contributed by atoms with van der Waals surface area (Å²) in [5.74, 6) is -2.92. The minimum Gasteiger partial charge on any atom is -0.508 e. The summed E-state index contributed by atoms with van der Waals surface area (Å²) in [5.41, 5.74) is 0.749. The van der Waals surface area contributed by atoms with E-state index in [1.165, 1.54) is 37.3 Å². The Hall–Kier alpha value is -3.87. The maximum absolute atomic E-state index is 13.1. The van der Waals surface area contributed by atoms with Gasteiger partial charge in [-0.3, -0.25) is 14.4 Å². The van der Waals surface area contributed by atoms with Crippen LogP contribution in [0.15, 0.2) is 42.5 Å². The number of carboxylic acid groups (broad SMARTS) is 1. The molecule has 11 atom stereocenters. The fourth-order valence-corrected chi connectivity index (χ4v) is 5.33. The van der Waals surface area contributed by atoms with Crippen LogP contribution in [0.1, 0.15) is 41.8 Å². The van der Waals surface area contributed by atoms with Gasteiger partial charge in [-0.1, -0.05) is 18.2 Å². The van der Waals surface area contributed by atoms with Crippen LogP contribution in [0.4, 0.5) is 0 Å². The number of hydrogen-bond acceptors (Lipinski definition) is 15. The molecule has 0 radical (unpaired) electrons. The SMILES string of the molecule is C[C@@H]1O[C@@H](O[C@H]2[C@H](Oc3cccc4c3O[C@H](c3ccc(O)cc3)CC4=O)O[C@H](COC(=O)CC(=O)O)[C@@H](O)[C@@H]2O)[C@H](O)[C@H](O)[C@H]1O. The van der Waals surface area contributed by atoms with E-state index < -0.39 is 92.5 Å². The Balaban J connectivity index is 1.43. The molecule has 2 aromatic rings. The number of rotatable bonds is 9. The highest BCUT2D eigenvalue weighted by Gasteiger charge is 2.51. The Morgan fingerprint density at radius 3 is 2.30 bits per heavy atom. The topological polar surface area (TPSA) is 248 Å². The summed E-state index contributed by atoms with van der Waals surface area (Å²) in [4.78, 5) is 35.8. The van der Waals surface area contributed by atoms with Crippen molar-refractivity contribution in [1.82, 2.24) is 0 Å². The molecule has 0 aromatic heterocycles. The summed E-state index contributed by atoms with van der Waals surface area (Å²) in [6.45, 7) is 0.704. The predicted octanol–water partition coefficient (Wildman–Crippen LogP) is -0.845. The molecule has 2 fully saturated rings. The van der Waals surface area contributed by atoms with E-state index >= 15 is 0 Å². The van der Waals surface area contributed by atoms with Crippen molar-refractivity contribution in [3.05, 3.63) is 53.6 Å². The highest BCUT2D eigenvalue weighted by atomic mass is 16.8. The van der Waals surface area contributed by atoms with E-state index in [1.54, 1.807) is 12.1 Å². The summed E-state index contributed by atoms with van der Waals surface area (Å²) in [7, 11) is 0. The maximum atomic E-state index is 13.1. The minimum absolute atomic E-state index is 0.00494. The fraction of sp³-hybridized carbons (Fsp3) is 0.500. The van der Waals surface area contributed by atoms with Crippen LogP contribution in [0.3, 0.4) is 0 Å².